The minimum atomic E-state index is -0.652. The normalized spacial score (nSPS) is 11.6. The summed E-state index contributed by atoms with van der Waals surface area (Å²) < 4.78 is 32.5. The third-order valence-electron chi connectivity index (χ3n) is 3.34. The highest BCUT2D eigenvalue weighted by Gasteiger charge is 2.28. The lowest BCUT2D eigenvalue weighted by Gasteiger charge is -2.31. The van der Waals surface area contributed by atoms with Crippen LogP contribution in [-0.4, -0.2) is 12.4 Å². The maximum Gasteiger partial charge on any atom is 0.190 e. The van der Waals surface area contributed by atoms with E-state index in [0.717, 1.165) is 25.7 Å². The van der Waals surface area contributed by atoms with Crippen molar-refractivity contribution in [1.82, 2.24) is 0 Å². The average molecular weight is 288 g/mol. The van der Waals surface area contributed by atoms with Crippen LogP contribution in [0.4, 0.5) is 8.78 Å². The van der Waals surface area contributed by atoms with E-state index in [0.29, 0.717) is 12.4 Å². The molecule has 0 aliphatic rings. The van der Waals surface area contributed by atoms with Gasteiger partial charge in [-0.15, -0.1) is 0 Å². The second-order valence-corrected chi connectivity index (χ2v) is 5.31. The molecule has 0 amide bonds. The van der Waals surface area contributed by atoms with E-state index in [1.165, 1.54) is 18.2 Å². The van der Waals surface area contributed by atoms with Gasteiger partial charge in [-0.3, -0.25) is 0 Å². The highest BCUT2D eigenvalue weighted by atomic mass is 32.1. The van der Waals surface area contributed by atoms with Gasteiger partial charge in [0, 0.05) is 5.41 Å². The van der Waals surface area contributed by atoms with Crippen LogP contribution in [-0.2, 0) is 0 Å². The van der Waals surface area contributed by atoms with Gasteiger partial charge in [0.05, 0.1) is 6.61 Å². The maximum atomic E-state index is 13.5. The standard InChI is InChI=1S/C15H22F2OS/c1-3-8-15(11-19,9-4-2)10-18-14-12(16)6-5-7-13(14)17/h5-7,19H,3-4,8-11H2,1-2H3. The molecule has 108 valence electrons. The van der Waals surface area contributed by atoms with Gasteiger partial charge in [-0.2, -0.15) is 12.6 Å². The predicted molar refractivity (Wildman–Crippen MR) is 78.0 cm³/mol. The van der Waals surface area contributed by atoms with Crippen LogP contribution in [0.3, 0.4) is 0 Å². The second-order valence-electron chi connectivity index (χ2n) is 5.00. The molecule has 0 aliphatic carbocycles. The first kappa shape index (κ1) is 16.3. The van der Waals surface area contributed by atoms with Crippen molar-refractivity contribution in [2.75, 3.05) is 12.4 Å². The summed E-state index contributed by atoms with van der Waals surface area (Å²) in [6, 6.07) is 3.75. The SMILES string of the molecule is CCCC(CS)(CCC)COc1c(F)cccc1F. The highest BCUT2D eigenvalue weighted by molar-refractivity contribution is 7.80. The summed E-state index contributed by atoms with van der Waals surface area (Å²) in [5, 5.41) is 0. The summed E-state index contributed by atoms with van der Waals surface area (Å²) in [5.41, 5.74) is -0.110. The van der Waals surface area contributed by atoms with Gasteiger partial charge >= 0.3 is 0 Å². The van der Waals surface area contributed by atoms with Crippen molar-refractivity contribution in [3.05, 3.63) is 29.8 Å². The number of hydrogen-bond donors (Lipinski definition) is 1. The van der Waals surface area contributed by atoms with E-state index in [-0.39, 0.29) is 11.2 Å². The second kappa shape index (κ2) is 7.73. The third kappa shape index (κ3) is 4.37. The smallest absolute Gasteiger partial charge is 0.190 e. The molecule has 0 saturated heterocycles. The fraction of sp³-hybridized carbons (Fsp3) is 0.600. The molecule has 0 bridgehead atoms. The Labute approximate surface area is 119 Å². The quantitative estimate of drug-likeness (QED) is 0.672. The molecule has 1 aromatic carbocycles. The van der Waals surface area contributed by atoms with Gasteiger partial charge in [-0.05, 0) is 30.7 Å². The van der Waals surface area contributed by atoms with Crippen LogP contribution in [0.1, 0.15) is 39.5 Å². The zero-order chi connectivity index (χ0) is 14.3. The van der Waals surface area contributed by atoms with Gasteiger partial charge in [0.25, 0.3) is 0 Å². The van der Waals surface area contributed by atoms with Crippen molar-refractivity contribution < 1.29 is 13.5 Å². The number of ether oxygens (including phenoxy) is 1. The van der Waals surface area contributed by atoms with E-state index < -0.39 is 11.6 Å². The average Bonchev–Trinajstić information content (AvgIpc) is 2.38. The molecule has 0 unspecified atom stereocenters. The lowest BCUT2D eigenvalue weighted by molar-refractivity contribution is 0.135. The van der Waals surface area contributed by atoms with E-state index in [1.807, 2.05) is 0 Å². The van der Waals surface area contributed by atoms with Crippen LogP contribution in [0.5, 0.6) is 5.75 Å². The summed E-state index contributed by atoms with van der Waals surface area (Å²) in [6.45, 7) is 4.49. The Hall–Kier alpha value is -0.770. The molecule has 0 saturated carbocycles. The Bertz CT molecular complexity index is 369. The molecule has 19 heavy (non-hydrogen) atoms. The summed E-state index contributed by atoms with van der Waals surface area (Å²) in [5.74, 6) is -0.923. The van der Waals surface area contributed by atoms with Crippen molar-refractivity contribution in [2.45, 2.75) is 39.5 Å². The van der Waals surface area contributed by atoms with E-state index in [4.69, 9.17) is 4.74 Å². The first-order valence-corrected chi connectivity index (χ1v) is 7.39. The number of thiol groups is 1. The molecule has 0 fully saturated rings. The van der Waals surface area contributed by atoms with E-state index in [1.54, 1.807) is 0 Å². The van der Waals surface area contributed by atoms with Crippen LogP contribution >= 0.6 is 12.6 Å². The Balaban J connectivity index is 2.80. The van der Waals surface area contributed by atoms with Crippen molar-refractivity contribution in [3.63, 3.8) is 0 Å². The molecule has 0 heterocycles. The number of hydrogen-bond acceptors (Lipinski definition) is 2. The van der Waals surface area contributed by atoms with Crippen LogP contribution in [0.15, 0.2) is 18.2 Å². The first-order valence-electron chi connectivity index (χ1n) is 6.76. The molecule has 1 rings (SSSR count). The highest BCUT2D eigenvalue weighted by Crippen LogP contribution is 2.33. The summed E-state index contributed by atoms with van der Waals surface area (Å²) in [4.78, 5) is 0. The van der Waals surface area contributed by atoms with Crippen LogP contribution < -0.4 is 4.74 Å². The minimum absolute atomic E-state index is 0.110. The maximum absolute atomic E-state index is 13.5. The molecule has 0 aromatic heterocycles. The van der Waals surface area contributed by atoms with E-state index in [2.05, 4.69) is 26.5 Å². The van der Waals surface area contributed by atoms with Crippen molar-refractivity contribution in [1.29, 1.82) is 0 Å². The van der Waals surface area contributed by atoms with Gasteiger partial charge in [-0.25, -0.2) is 8.78 Å². The Morgan fingerprint density at radius 2 is 1.63 bits per heavy atom. The fourth-order valence-corrected chi connectivity index (χ4v) is 2.79. The molecule has 1 nitrogen and oxygen atoms in total. The Morgan fingerprint density at radius 3 is 2.05 bits per heavy atom. The van der Waals surface area contributed by atoms with Crippen LogP contribution in [0, 0.1) is 17.0 Å². The zero-order valence-electron chi connectivity index (χ0n) is 11.6. The summed E-state index contributed by atoms with van der Waals surface area (Å²) >= 11 is 4.40. The molecule has 1 aromatic rings. The largest absolute Gasteiger partial charge is 0.487 e. The first-order chi connectivity index (χ1) is 9.08. The molecular weight excluding hydrogens is 266 g/mol. The number of rotatable bonds is 8. The summed E-state index contributed by atoms with van der Waals surface area (Å²) in [7, 11) is 0. The van der Waals surface area contributed by atoms with Gasteiger partial charge in [0.2, 0.25) is 0 Å². The van der Waals surface area contributed by atoms with Gasteiger partial charge in [-0.1, -0.05) is 32.8 Å². The van der Waals surface area contributed by atoms with Crippen molar-refractivity contribution in [2.24, 2.45) is 5.41 Å². The van der Waals surface area contributed by atoms with E-state index in [9.17, 15) is 8.78 Å². The van der Waals surface area contributed by atoms with Crippen molar-refractivity contribution >= 4 is 12.6 Å². The minimum Gasteiger partial charge on any atom is -0.487 e. The molecule has 0 aliphatic heterocycles. The molecule has 0 atom stereocenters. The van der Waals surface area contributed by atoms with Gasteiger partial charge in [0.1, 0.15) is 0 Å². The topological polar surface area (TPSA) is 9.23 Å². The van der Waals surface area contributed by atoms with Gasteiger partial charge < -0.3 is 4.74 Å². The Kier molecular flexibility index (Phi) is 6.63. The van der Waals surface area contributed by atoms with Crippen LogP contribution in [0.2, 0.25) is 0 Å². The van der Waals surface area contributed by atoms with Crippen molar-refractivity contribution in [3.8, 4) is 5.75 Å². The number of para-hydroxylation sites is 1. The van der Waals surface area contributed by atoms with Gasteiger partial charge in [0.15, 0.2) is 17.4 Å². The van der Waals surface area contributed by atoms with Crippen LogP contribution in [0.25, 0.3) is 0 Å². The molecule has 0 N–H and O–H groups in total. The Morgan fingerprint density at radius 1 is 1.11 bits per heavy atom. The number of halogens is 2. The lowest BCUT2D eigenvalue weighted by atomic mass is 9.82. The fourth-order valence-electron chi connectivity index (χ4n) is 2.38. The monoisotopic (exact) mass is 288 g/mol. The molecule has 0 radical (unpaired) electrons. The molecule has 4 heteroatoms. The lowest BCUT2D eigenvalue weighted by Crippen LogP contribution is -2.31. The molecule has 0 spiro atoms. The van der Waals surface area contributed by atoms with E-state index >= 15 is 0 Å². The third-order valence-corrected chi connectivity index (χ3v) is 4.01. The number of benzene rings is 1. The zero-order valence-corrected chi connectivity index (χ0v) is 12.5. The molecular formula is C15H22F2OS. The summed E-state index contributed by atoms with van der Waals surface area (Å²) in [6.07, 6.45) is 3.90. The predicted octanol–water partition coefficient (Wildman–Crippen LogP) is 4.86.